The van der Waals surface area contributed by atoms with E-state index in [9.17, 15) is 0 Å². The third kappa shape index (κ3) is 2.98. The summed E-state index contributed by atoms with van der Waals surface area (Å²) >= 11 is 0. The van der Waals surface area contributed by atoms with Crippen LogP contribution in [0.4, 0.5) is 0 Å². The topological polar surface area (TPSA) is 22.1 Å². The molecule has 0 atom stereocenters. The summed E-state index contributed by atoms with van der Waals surface area (Å²) in [6.45, 7) is 1.16. The molecule has 0 spiro atoms. The largest absolute Gasteiger partial charge is 0.370 e. The summed E-state index contributed by atoms with van der Waals surface area (Å²) in [7, 11) is 0. The second-order valence-corrected chi connectivity index (χ2v) is 4.47. The van der Waals surface area contributed by atoms with Crippen LogP contribution in [0.5, 0.6) is 0 Å². The molecule has 0 aliphatic rings. The van der Waals surface area contributed by atoms with E-state index in [0.717, 1.165) is 16.6 Å². The van der Waals surface area contributed by atoms with E-state index < -0.39 is 0 Å². The molecule has 0 aliphatic heterocycles. The molecule has 0 radical (unpaired) electrons. The molecule has 1 heterocycles. The lowest BCUT2D eigenvalue weighted by atomic mass is 10.2. The quantitative estimate of drug-likeness (QED) is 0.698. The number of hydrogen-bond acceptors (Lipinski definition) is 2. The average molecular weight is 249 g/mol. The first-order valence-electron chi connectivity index (χ1n) is 6.38. The predicted octanol–water partition coefficient (Wildman–Crippen LogP) is 3.95. The molecule has 0 fully saturated rings. The highest BCUT2D eigenvalue weighted by Crippen LogP contribution is 2.12. The first kappa shape index (κ1) is 11.9. The zero-order chi connectivity index (χ0) is 12.9. The molecule has 3 aromatic rings. The Bertz CT molecular complexity index is 664. The van der Waals surface area contributed by atoms with Crippen molar-refractivity contribution < 1.29 is 4.74 Å². The van der Waals surface area contributed by atoms with E-state index in [1.54, 1.807) is 0 Å². The number of hydrogen-bond donors (Lipinski definition) is 0. The van der Waals surface area contributed by atoms with Crippen LogP contribution in [-0.2, 0) is 18.0 Å². The number of ether oxygens (including phenoxy) is 1. The van der Waals surface area contributed by atoms with Gasteiger partial charge in [-0.15, -0.1) is 0 Å². The van der Waals surface area contributed by atoms with Crippen molar-refractivity contribution >= 4 is 10.9 Å². The Morgan fingerprint density at radius 2 is 1.53 bits per heavy atom. The van der Waals surface area contributed by atoms with Crippen molar-refractivity contribution in [3.63, 3.8) is 0 Å². The third-order valence-electron chi connectivity index (χ3n) is 3.02. The van der Waals surface area contributed by atoms with E-state index in [4.69, 9.17) is 4.74 Å². The molecule has 0 saturated carbocycles. The summed E-state index contributed by atoms with van der Waals surface area (Å²) in [5.41, 5.74) is 3.17. The van der Waals surface area contributed by atoms with Crippen LogP contribution >= 0.6 is 0 Å². The van der Waals surface area contributed by atoms with Gasteiger partial charge in [0.25, 0.3) is 0 Å². The Balaban J connectivity index is 1.65. The SMILES string of the molecule is c1ccc(COCc2ccc3ccccc3n2)cc1. The monoisotopic (exact) mass is 249 g/mol. The number of pyridine rings is 1. The fourth-order valence-electron chi connectivity index (χ4n) is 2.04. The number of nitrogens with zero attached hydrogens (tertiary/aromatic N) is 1. The molecular formula is C17H15NO. The Morgan fingerprint density at radius 3 is 2.42 bits per heavy atom. The summed E-state index contributed by atoms with van der Waals surface area (Å²) in [4.78, 5) is 4.58. The summed E-state index contributed by atoms with van der Waals surface area (Å²) in [6.07, 6.45) is 0. The van der Waals surface area contributed by atoms with E-state index in [0.29, 0.717) is 13.2 Å². The minimum atomic E-state index is 0.541. The molecule has 94 valence electrons. The highest BCUT2D eigenvalue weighted by atomic mass is 16.5. The van der Waals surface area contributed by atoms with Crippen LogP contribution in [0.15, 0.2) is 66.7 Å². The second-order valence-electron chi connectivity index (χ2n) is 4.47. The summed E-state index contributed by atoms with van der Waals surface area (Å²) in [6, 6.07) is 22.4. The van der Waals surface area contributed by atoms with Crippen LogP contribution in [0.25, 0.3) is 10.9 Å². The standard InChI is InChI=1S/C17H15NO/c1-2-6-14(7-3-1)12-19-13-16-11-10-15-8-4-5-9-17(15)18-16/h1-11H,12-13H2. The summed E-state index contributed by atoms with van der Waals surface area (Å²) in [5.74, 6) is 0. The molecule has 0 N–H and O–H groups in total. The van der Waals surface area contributed by atoms with Crippen molar-refractivity contribution in [3.05, 3.63) is 78.0 Å². The molecule has 0 saturated heterocycles. The molecule has 2 heteroatoms. The average Bonchev–Trinajstić information content (AvgIpc) is 2.48. The van der Waals surface area contributed by atoms with E-state index in [1.165, 1.54) is 5.56 Å². The molecular weight excluding hydrogens is 234 g/mol. The molecule has 0 aliphatic carbocycles. The highest BCUT2D eigenvalue weighted by molar-refractivity contribution is 5.78. The maximum atomic E-state index is 5.69. The van der Waals surface area contributed by atoms with Gasteiger partial charge in [-0.3, -0.25) is 4.98 Å². The molecule has 3 rings (SSSR count). The highest BCUT2D eigenvalue weighted by Gasteiger charge is 1.98. The van der Waals surface area contributed by atoms with Crippen LogP contribution in [0.2, 0.25) is 0 Å². The Kier molecular flexibility index (Phi) is 3.52. The smallest absolute Gasteiger partial charge is 0.0892 e. The molecule has 2 aromatic carbocycles. The van der Waals surface area contributed by atoms with Gasteiger partial charge in [-0.2, -0.15) is 0 Å². The van der Waals surface area contributed by atoms with Crippen molar-refractivity contribution in [1.29, 1.82) is 0 Å². The van der Waals surface area contributed by atoms with Crippen LogP contribution in [0, 0.1) is 0 Å². The number of fused-ring (bicyclic) bond motifs is 1. The van der Waals surface area contributed by atoms with Gasteiger partial charge in [-0.05, 0) is 17.7 Å². The first-order chi connectivity index (χ1) is 9.42. The molecule has 1 aromatic heterocycles. The fraction of sp³-hybridized carbons (Fsp3) is 0.118. The van der Waals surface area contributed by atoms with Gasteiger partial charge >= 0.3 is 0 Å². The lowest BCUT2D eigenvalue weighted by Crippen LogP contribution is -1.96. The van der Waals surface area contributed by atoms with Crippen LogP contribution in [-0.4, -0.2) is 4.98 Å². The van der Waals surface area contributed by atoms with E-state index in [1.807, 2.05) is 42.5 Å². The third-order valence-corrected chi connectivity index (χ3v) is 3.02. The van der Waals surface area contributed by atoms with E-state index in [-0.39, 0.29) is 0 Å². The van der Waals surface area contributed by atoms with E-state index in [2.05, 4.69) is 29.2 Å². The van der Waals surface area contributed by atoms with Crippen LogP contribution in [0.1, 0.15) is 11.3 Å². The second kappa shape index (κ2) is 5.63. The maximum absolute atomic E-state index is 5.69. The van der Waals surface area contributed by atoms with E-state index >= 15 is 0 Å². The summed E-state index contributed by atoms with van der Waals surface area (Å²) < 4.78 is 5.69. The Morgan fingerprint density at radius 1 is 0.737 bits per heavy atom. The van der Waals surface area contributed by atoms with Crippen molar-refractivity contribution in [3.8, 4) is 0 Å². The van der Waals surface area contributed by atoms with Crippen LogP contribution < -0.4 is 0 Å². The van der Waals surface area contributed by atoms with Crippen LogP contribution in [0.3, 0.4) is 0 Å². The van der Waals surface area contributed by atoms with Crippen molar-refractivity contribution in [2.24, 2.45) is 0 Å². The number of aromatic nitrogens is 1. The Hall–Kier alpha value is -2.19. The molecule has 0 amide bonds. The van der Waals surface area contributed by atoms with Gasteiger partial charge in [-0.1, -0.05) is 54.6 Å². The number of para-hydroxylation sites is 1. The molecule has 0 bridgehead atoms. The maximum Gasteiger partial charge on any atom is 0.0892 e. The normalized spacial score (nSPS) is 10.7. The van der Waals surface area contributed by atoms with Gasteiger partial charge in [-0.25, -0.2) is 0 Å². The van der Waals surface area contributed by atoms with Gasteiger partial charge in [0.05, 0.1) is 24.4 Å². The van der Waals surface area contributed by atoms with Crippen molar-refractivity contribution in [2.75, 3.05) is 0 Å². The zero-order valence-corrected chi connectivity index (χ0v) is 10.6. The first-order valence-corrected chi connectivity index (χ1v) is 6.38. The van der Waals surface area contributed by atoms with Crippen molar-refractivity contribution in [1.82, 2.24) is 4.98 Å². The molecule has 19 heavy (non-hydrogen) atoms. The fourth-order valence-corrected chi connectivity index (χ4v) is 2.04. The molecule has 2 nitrogen and oxygen atoms in total. The van der Waals surface area contributed by atoms with Gasteiger partial charge in [0, 0.05) is 5.39 Å². The lowest BCUT2D eigenvalue weighted by molar-refractivity contribution is 0.105. The van der Waals surface area contributed by atoms with Crippen molar-refractivity contribution in [2.45, 2.75) is 13.2 Å². The minimum absolute atomic E-state index is 0.541. The molecule has 0 unspecified atom stereocenters. The van der Waals surface area contributed by atoms with Gasteiger partial charge in [0.1, 0.15) is 0 Å². The van der Waals surface area contributed by atoms with Gasteiger partial charge < -0.3 is 4.74 Å². The number of rotatable bonds is 4. The predicted molar refractivity (Wildman–Crippen MR) is 76.7 cm³/mol. The van der Waals surface area contributed by atoms with Gasteiger partial charge in [0.15, 0.2) is 0 Å². The zero-order valence-electron chi connectivity index (χ0n) is 10.6. The minimum Gasteiger partial charge on any atom is -0.370 e. The van der Waals surface area contributed by atoms with Gasteiger partial charge in [0.2, 0.25) is 0 Å². The summed E-state index contributed by atoms with van der Waals surface area (Å²) in [5, 5.41) is 1.16. The Labute approximate surface area is 112 Å². The number of benzene rings is 2. The lowest BCUT2D eigenvalue weighted by Gasteiger charge is -2.05.